The number of anilines is 1. The van der Waals surface area contributed by atoms with Gasteiger partial charge in [-0.2, -0.15) is 0 Å². The molecule has 0 radical (unpaired) electrons. The second-order valence-electron chi connectivity index (χ2n) is 5.68. The van der Waals surface area contributed by atoms with Crippen LogP contribution in [0.4, 0.5) is 14.9 Å². The van der Waals surface area contributed by atoms with Crippen LogP contribution >= 0.6 is 0 Å². The Hall–Kier alpha value is -1.78. The summed E-state index contributed by atoms with van der Waals surface area (Å²) < 4.78 is 18.6. The normalized spacial score (nSPS) is 22.0. The molecule has 116 valence electrons. The molecule has 1 heterocycles. The number of carbonyl (C=O) groups is 1. The molecule has 4 nitrogen and oxygen atoms in total. The van der Waals surface area contributed by atoms with Crippen LogP contribution in [0.15, 0.2) is 18.2 Å². The van der Waals surface area contributed by atoms with Crippen molar-refractivity contribution in [1.82, 2.24) is 4.90 Å². The van der Waals surface area contributed by atoms with E-state index in [4.69, 9.17) is 4.74 Å². The Balaban J connectivity index is 2.09. The Morgan fingerprint density at radius 2 is 2.24 bits per heavy atom. The van der Waals surface area contributed by atoms with E-state index in [-0.39, 0.29) is 17.9 Å². The first kappa shape index (κ1) is 15.6. The number of piperidine rings is 1. The topological polar surface area (TPSA) is 41.6 Å². The number of urea groups is 1. The second kappa shape index (κ2) is 6.78. The van der Waals surface area contributed by atoms with Gasteiger partial charge in [-0.15, -0.1) is 0 Å². The Labute approximate surface area is 125 Å². The minimum atomic E-state index is -0.378. The van der Waals surface area contributed by atoms with Crippen molar-refractivity contribution in [1.29, 1.82) is 0 Å². The highest BCUT2D eigenvalue weighted by Crippen LogP contribution is 2.27. The molecule has 2 rings (SSSR count). The van der Waals surface area contributed by atoms with Crippen molar-refractivity contribution in [2.24, 2.45) is 5.92 Å². The molecular weight excluding hydrogens is 271 g/mol. The highest BCUT2D eigenvalue weighted by atomic mass is 19.1. The van der Waals surface area contributed by atoms with Gasteiger partial charge < -0.3 is 15.0 Å². The molecule has 2 atom stereocenters. The maximum Gasteiger partial charge on any atom is 0.322 e. The number of nitrogens with zero attached hydrogens (tertiary/aromatic N) is 1. The molecule has 1 N–H and O–H groups in total. The molecule has 5 heteroatoms. The Bertz CT molecular complexity index is 507. The Morgan fingerprint density at radius 3 is 2.90 bits per heavy atom. The van der Waals surface area contributed by atoms with Crippen LogP contribution in [0, 0.1) is 11.7 Å². The van der Waals surface area contributed by atoms with Gasteiger partial charge in [0.2, 0.25) is 0 Å². The van der Waals surface area contributed by atoms with Crippen LogP contribution in [0.2, 0.25) is 0 Å². The van der Waals surface area contributed by atoms with Crippen LogP contribution in [-0.4, -0.2) is 30.1 Å². The number of halogens is 1. The number of hydrogen-bond donors (Lipinski definition) is 1. The zero-order chi connectivity index (χ0) is 15.4. The lowest BCUT2D eigenvalue weighted by Gasteiger charge is -2.36. The highest BCUT2D eigenvalue weighted by Gasteiger charge is 2.27. The molecular formula is C16H23FN2O2. The molecule has 2 unspecified atom stereocenters. The van der Waals surface area contributed by atoms with Gasteiger partial charge in [-0.05, 0) is 44.7 Å². The van der Waals surface area contributed by atoms with Gasteiger partial charge in [-0.1, -0.05) is 6.92 Å². The van der Waals surface area contributed by atoms with E-state index in [1.165, 1.54) is 18.2 Å². The Morgan fingerprint density at radius 1 is 1.48 bits per heavy atom. The third-order valence-electron chi connectivity index (χ3n) is 3.88. The van der Waals surface area contributed by atoms with Crippen LogP contribution in [0.25, 0.3) is 0 Å². The predicted octanol–water partition coefficient (Wildman–Crippen LogP) is 3.88. The molecule has 0 aliphatic carbocycles. The van der Waals surface area contributed by atoms with E-state index in [1.54, 1.807) is 0 Å². The molecule has 0 aromatic heterocycles. The summed E-state index contributed by atoms with van der Waals surface area (Å²) in [6, 6.07) is 4.21. The fourth-order valence-electron chi connectivity index (χ4n) is 2.77. The molecule has 1 aliphatic rings. The van der Waals surface area contributed by atoms with E-state index in [1.807, 2.05) is 11.8 Å². The number of hydrogen-bond acceptors (Lipinski definition) is 2. The zero-order valence-corrected chi connectivity index (χ0v) is 12.9. The summed E-state index contributed by atoms with van der Waals surface area (Å²) >= 11 is 0. The zero-order valence-electron chi connectivity index (χ0n) is 12.9. The first-order chi connectivity index (χ1) is 10.0. The van der Waals surface area contributed by atoms with E-state index in [9.17, 15) is 9.18 Å². The van der Waals surface area contributed by atoms with E-state index in [2.05, 4.69) is 19.2 Å². The summed E-state index contributed by atoms with van der Waals surface area (Å²) in [5.74, 6) is 0.634. The molecule has 1 aromatic rings. The number of ether oxygens (including phenoxy) is 1. The van der Waals surface area contributed by atoms with Crippen molar-refractivity contribution in [3.05, 3.63) is 24.0 Å². The van der Waals surface area contributed by atoms with Crippen LogP contribution in [-0.2, 0) is 0 Å². The van der Waals surface area contributed by atoms with Gasteiger partial charge in [-0.25, -0.2) is 9.18 Å². The van der Waals surface area contributed by atoms with Gasteiger partial charge in [0.15, 0.2) is 0 Å². The number of amides is 2. The van der Waals surface area contributed by atoms with Gasteiger partial charge in [0.1, 0.15) is 11.6 Å². The van der Waals surface area contributed by atoms with Gasteiger partial charge in [0.05, 0.1) is 12.3 Å². The van der Waals surface area contributed by atoms with Crippen molar-refractivity contribution >= 4 is 11.7 Å². The average molecular weight is 294 g/mol. The monoisotopic (exact) mass is 294 g/mol. The average Bonchev–Trinajstić information content (AvgIpc) is 2.42. The molecule has 0 spiro atoms. The minimum Gasteiger partial charge on any atom is -0.492 e. The Kier molecular flexibility index (Phi) is 5.04. The lowest BCUT2D eigenvalue weighted by atomic mass is 9.94. The summed E-state index contributed by atoms with van der Waals surface area (Å²) in [4.78, 5) is 14.2. The fraction of sp³-hybridized carbons (Fsp3) is 0.562. The highest BCUT2D eigenvalue weighted by molar-refractivity contribution is 5.91. The van der Waals surface area contributed by atoms with Crippen molar-refractivity contribution in [3.8, 4) is 5.75 Å². The lowest BCUT2D eigenvalue weighted by Crippen LogP contribution is -2.46. The smallest absolute Gasteiger partial charge is 0.322 e. The van der Waals surface area contributed by atoms with Crippen LogP contribution in [0.5, 0.6) is 5.75 Å². The van der Waals surface area contributed by atoms with E-state index in [0.717, 1.165) is 19.4 Å². The van der Waals surface area contributed by atoms with E-state index < -0.39 is 0 Å². The quantitative estimate of drug-likeness (QED) is 0.919. The molecule has 1 fully saturated rings. The van der Waals surface area contributed by atoms with Crippen molar-refractivity contribution in [2.45, 2.75) is 39.7 Å². The molecule has 0 bridgehead atoms. The van der Waals surface area contributed by atoms with Crippen molar-refractivity contribution < 1.29 is 13.9 Å². The summed E-state index contributed by atoms with van der Waals surface area (Å²) in [7, 11) is 0. The summed E-state index contributed by atoms with van der Waals surface area (Å²) in [6.07, 6.45) is 2.02. The van der Waals surface area contributed by atoms with Crippen molar-refractivity contribution in [3.63, 3.8) is 0 Å². The maximum absolute atomic E-state index is 13.3. The lowest BCUT2D eigenvalue weighted by molar-refractivity contribution is 0.150. The van der Waals surface area contributed by atoms with Crippen LogP contribution < -0.4 is 10.1 Å². The van der Waals surface area contributed by atoms with Gasteiger partial charge in [0.25, 0.3) is 0 Å². The first-order valence-electron chi connectivity index (χ1n) is 7.51. The maximum atomic E-state index is 13.3. The molecule has 21 heavy (non-hydrogen) atoms. The van der Waals surface area contributed by atoms with Gasteiger partial charge in [-0.3, -0.25) is 0 Å². The number of benzene rings is 1. The van der Waals surface area contributed by atoms with Crippen LogP contribution in [0.3, 0.4) is 0 Å². The number of rotatable bonds is 3. The first-order valence-corrected chi connectivity index (χ1v) is 7.51. The van der Waals surface area contributed by atoms with E-state index in [0.29, 0.717) is 24.0 Å². The molecule has 1 aromatic carbocycles. The third kappa shape index (κ3) is 3.86. The molecule has 0 saturated carbocycles. The number of carbonyl (C=O) groups excluding carboxylic acids is 1. The molecule has 1 aliphatic heterocycles. The standard InChI is InChI=1S/C16H23FN2O2/c1-4-21-15-10-13(17)5-6-14(15)18-16(20)19-8-7-11(2)9-12(19)3/h5-6,10-12H,4,7-9H2,1-3H3,(H,18,20). The van der Waals surface area contributed by atoms with Gasteiger partial charge in [0, 0.05) is 18.7 Å². The third-order valence-corrected chi connectivity index (χ3v) is 3.88. The molecule has 2 amide bonds. The summed E-state index contributed by atoms with van der Waals surface area (Å²) in [5, 5.41) is 2.83. The fourth-order valence-corrected chi connectivity index (χ4v) is 2.77. The predicted molar refractivity (Wildman–Crippen MR) is 81.2 cm³/mol. The van der Waals surface area contributed by atoms with Crippen LogP contribution in [0.1, 0.15) is 33.6 Å². The van der Waals surface area contributed by atoms with Gasteiger partial charge >= 0.3 is 6.03 Å². The number of likely N-dealkylation sites (tertiary alicyclic amines) is 1. The minimum absolute atomic E-state index is 0.151. The van der Waals surface area contributed by atoms with E-state index >= 15 is 0 Å². The molecule has 1 saturated heterocycles. The second-order valence-corrected chi connectivity index (χ2v) is 5.68. The number of nitrogens with one attached hydrogen (secondary N) is 1. The summed E-state index contributed by atoms with van der Waals surface area (Å²) in [5.41, 5.74) is 0.508. The van der Waals surface area contributed by atoms with Crippen molar-refractivity contribution in [2.75, 3.05) is 18.5 Å². The largest absolute Gasteiger partial charge is 0.492 e. The SMILES string of the molecule is CCOc1cc(F)ccc1NC(=O)N1CCC(C)CC1C. The summed E-state index contributed by atoms with van der Waals surface area (Å²) in [6.45, 7) is 7.26.